The summed E-state index contributed by atoms with van der Waals surface area (Å²) in [5.41, 5.74) is 0.0451. The van der Waals surface area contributed by atoms with Crippen LogP contribution in [0.4, 0.5) is 8.78 Å². The molecule has 0 saturated carbocycles. The Morgan fingerprint density at radius 2 is 1.97 bits per heavy atom. The first-order valence-corrected chi connectivity index (χ1v) is 12.1. The molecule has 2 saturated heterocycles. The van der Waals surface area contributed by atoms with Crippen LogP contribution in [0, 0.1) is 17.6 Å². The Bertz CT molecular complexity index is 1160. The molecule has 3 heterocycles. The number of carbonyl (C=O) groups is 2. The van der Waals surface area contributed by atoms with Crippen molar-refractivity contribution >= 4 is 11.9 Å². The van der Waals surface area contributed by atoms with Crippen molar-refractivity contribution < 1.29 is 33.0 Å². The van der Waals surface area contributed by atoms with Crippen LogP contribution < -0.4 is 4.74 Å². The van der Waals surface area contributed by atoms with E-state index in [0.717, 1.165) is 30.5 Å². The maximum atomic E-state index is 13.7. The molecule has 2 aromatic rings. The van der Waals surface area contributed by atoms with E-state index in [4.69, 9.17) is 9.47 Å². The fourth-order valence-electron chi connectivity index (χ4n) is 6.12. The van der Waals surface area contributed by atoms with Crippen molar-refractivity contribution in [3.8, 4) is 5.75 Å². The molecule has 1 spiro atoms. The van der Waals surface area contributed by atoms with Crippen molar-refractivity contribution in [3.63, 3.8) is 0 Å². The van der Waals surface area contributed by atoms with Gasteiger partial charge in [0.05, 0.1) is 24.7 Å². The van der Waals surface area contributed by atoms with Crippen LogP contribution in [0.5, 0.6) is 5.75 Å². The lowest BCUT2D eigenvalue weighted by Crippen LogP contribution is -2.60. The van der Waals surface area contributed by atoms with Crippen LogP contribution >= 0.6 is 0 Å². The van der Waals surface area contributed by atoms with Crippen LogP contribution in [0.3, 0.4) is 0 Å². The summed E-state index contributed by atoms with van der Waals surface area (Å²) < 4.78 is 40.0. The Labute approximate surface area is 202 Å². The summed E-state index contributed by atoms with van der Waals surface area (Å²) in [5.74, 6) is -2.40. The summed E-state index contributed by atoms with van der Waals surface area (Å²) in [7, 11) is 0. The number of halogens is 2. The minimum atomic E-state index is -0.970. The van der Waals surface area contributed by atoms with Crippen LogP contribution in [-0.2, 0) is 20.7 Å². The average molecular weight is 486 g/mol. The van der Waals surface area contributed by atoms with Crippen molar-refractivity contribution in [2.75, 3.05) is 13.2 Å². The highest BCUT2D eigenvalue weighted by molar-refractivity contribution is 5.80. The highest BCUT2D eigenvalue weighted by Crippen LogP contribution is 2.55. The molecule has 0 unspecified atom stereocenters. The first kappa shape index (κ1) is 23.7. The second-order valence-corrected chi connectivity index (χ2v) is 10.2. The zero-order valence-corrected chi connectivity index (χ0v) is 19.6. The normalized spacial score (nSPS) is 29.4. The van der Waals surface area contributed by atoms with Gasteiger partial charge in [-0.05, 0) is 56.4 Å². The summed E-state index contributed by atoms with van der Waals surface area (Å²) in [6.07, 6.45) is 2.19. The van der Waals surface area contributed by atoms with Gasteiger partial charge in [0.25, 0.3) is 0 Å². The number of likely N-dealkylation sites (tertiary alicyclic amines) is 1. The summed E-state index contributed by atoms with van der Waals surface area (Å²) in [5, 5.41) is 9.36. The molecule has 0 bridgehead atoms. The number of hydrogen-bond acceptors (Lipinski definition) is 4. The number of nitrogens with zero attached hydrogens (tertiary/aromatic N) is 1. The van der Waals surface area contributed by atoms with Gasteiger partial charge in [0.2, 0.25) is 5.91 Å². The van der Waals surface area contributed by atoms with Gasteiger partial charge in [-0.15, -0.1) is 0 Å². The summed E-state index contributed by atoms with van der Waals surface area (Å²) in [6.45, 7) is 2.86. The van der Waals surface area contributed by atoms with Crippen molar-refractivity contribution in [2.45, 2.75) is 62.7 Å². The number of benzene rings is 2. The van der Waals surface area contributed by atoms with Crippen molar-refractivity contribution in [1.29, 1.82) is 0 Å². The van der Waals surface area contributed by atoms with E-state index >= 15 is 0 Å². The van der Waals surface area contributed by atoms with E-state index in [1.54, 1.807) is 0 Å². The third-order valence-electron chi connectivity index (χ3n) is 7.92. The lowest BCUT2D eigenvalue weighted by Gasteiger charge is -2.54. The molecule has 0 aromatic heterocycles. The fraction of sp³-hybridized carbons (Fsp3) is 0.481. The van der Waals surface area contributed by atoms with E-state index in [2.05, 4.69) is 0 Å². The second-order valence-electron chi connectivity index (χ2n) is 10.2. The molecule has 6 nitrogen and oxygen atoms in total. The van der Waals surface area contributed by atoms with Gasteiger partial charge in [0, 0.05) is 24.4 Å². The monoisotopic (exact) mass is 485 g/mol. The summed E-state index contributed by atoms with van der Waals surface area (Å²) in [4.78, 5) is 26.6. The molecular formula is C27H29F2NO5. The molecule has 186 valence electrons. The number of carboxylic acid groups (broad SMARTS) is 1. The predicted molar refractivity (Wildman–Crippen MR) is 123 cm³/mol. The van der Waals surface area contributed by atoms with Crippen LogP contribution in [0.1, 0.15) is 56.3 Å². The molecule has 0 radical (unpaired) electrons. The number of ether oxygens (including phenoxy) is 2. The smallest absolute Gasteiger partial charge is 0.303 e. The van der Waals surface area contributed by atoms with Crippen LogP contribution in [0.25, 0.3) is 0 Å². The molecule has 8 heteroatoms. The van der Waals surface area contributed by atoms with E-state index in [-0.39, 0.29) is 30.8 Å². The average Bonchev–Trinajstić information content (AvgIpc) is 3.23. The number of para-hydroxylation sites is 1. The Morgan fingerprint density at radius 3 is 2.74 bits per heavy atom. The third-order valence-corrected chi connectivity index (χ3v) is 7.92. The van der Waals surface area contributed by atoms with E-state index in [1.807, 2.05) is 36.1 Å². The van der Waals surface area contributed by atoms with E-state index in [0.29, 0.717) is 37.3 Å². The third kappa shape index (κ3) is 4.29. The van der Waals surface area contributed by atoms with E-state index < -0.39 is 28.7 Å². The molecule has 2 aromatic carbocycles. The molecular weight excluding hydrogens is 456 g/mol. The maximum absolute atomic E-state index is 13.7. The topological polar surface area (TPSA) is 76.1 Å². The van der Waals surface area contributed by atoms with Crippen LogP contribution in [0.2, 0.25) is 0 Å². The highest BCUT2D eigenvalue weighted by atomic mass is 19.2. The zero-order chi connectivity index (χ0) is 24.8. The summed E-state index contributed by atoms with van der Waals surface area (Å²) >= 11 is 0. The van der Waals surface area contributed by atoms with Gasteiger partial charge in [-0.2, -0.15) is 0 Å². The maximum Gasteiger partial charge on any atom is 0.303 e. The number of fused-ring (bicyclic) bond motifs is 3. The summed E-state index contributed by atoms with van der Waals surface area (Å²) in [6, 6.07) is 11.2. The van der Waals surface area contributed by atoms with Crippen LogP contribution in [-0.4, -0.2) is 46.2 Å². The van der Waals surface area contributed by atoms with Crippen LogP contribution in [0.15, 0.2) is 42.5 Å². The second kappa shape index (κ2) is 8.90. The van der Waals surface area contributed by atoms with Gasteiger partial charge in [-0.1, -0.05) is 24.3 Å². The fourth-order valence-corrected chi connectivity index (χ4v) is 6.12. The Hall–Kier alpha value is -3.00. The molecule has 0 aliphatic carbocycles. The van der Waals surface area contributed by atoms with Gasteiger partial charge in [0.15, 0.2) is 11.6 Å². The van der Waals surface area contributed by atoms with Gasteiger partial charge in [-0.25, -0.2) is 8.78 Å². The number of carboxylic acids is 1. The van der Waals surface area contributed by atoms with Gasteiger partial charge in [0.1, 0.15) is 11.4 Å². The predicted octanol–water partition coefficient (Wildman–Crippen LogP) is 4.66. The van der Waals surface area contributed by atoms with E-state index in [9.17, 15) is 23.5 Å². The number of hydrogen-bond donors (Lipinski definition) is 1. The first-order chi connectivity index (χ1) is 16.7. The standard InChI is InChI=1S/C27H29F2NO5/c1-26(11-9-24(32)33)19-15-27(16-34-25(19)18-5-2-3-6-22(18)35-26)10-4-12-30(27)23(31)14-17-7-8-20(28)21(29)13-17/h2-3,5-8,13,19,25H,4,9-12,14-16H2,1H3,(H,32,33)/t19-,25+,26+,27+/m1/s1. The van der Waals surface area contributed by atoms with Crippen molar-refractivity contribution in [1.82, 2.24) is 4.90 Å². The minimum Gasteiger partial charge on any atom is -0.487 e. The van der Waals surface area contributed by atoms with Crippen molar-refractivity contribution in [2.24, 2.45) is 5.92 Å². The molecule has 35 heavy (non-hydrogen) atoms. The zero-order valence-electron chi connectivity index (χ0n) is 19.6. The number of carbonyl (C=O) groups excluding carboxylic acids is 1. The van der Waals surface area contributed by atoms with Gasteiger partial charge >= 0.3 is 5.97 Å². The lowest BCUT2D eigenvalue weighted by molar-refractivity contribution is -0.179. The molecule has 3 aliphatic heterocycles. The molecule has 1 N–H and O–H groups in total. The molecule has 5 rings (SSSR count). The molecule has 3 aliphatic rings. The Balaban J connectivity index is 1.42. The molecule has 1 amide bonds. The number of rotatable bonds is 5. The molecule has 4 atom stereocenters. The first-order valence-electron chi connectivity index (χ1n) is 12.1. The largest absolute Gasteiger partial charge is 0.487 e. The Morgan fingerprint density at radius 1 is 1.17 bits per heavy atom. The number of aliphatic carboxylic acids is 1. The highest BCUT2D eigenvalue weighted by Gasteiger charge is 2.57. The molecule has 2 fully saturated rings. The minimum absolute atomic E-state index is 0.0251. The van der Waals surface area contributed by atoms with Gasteiger partial charge in [-0.3, -0.25) is 9.59 Å². The SMILES string of the molecule is C[C@@]1(CCC(=O)O)Oc2ccccc2[C@@H]2OC[C@]3(CCCN3C(=O)Cc3ccc(F)c(F)c3)C[C@H]21. The Kier molecular flexibility index (Phi) is 6.03. The number of amides is 1. The van der Waals surface area contributed by atoms with Crippen molar-refractivity contribution in [3.05, 3.63) is 65.2 Å². The lowest BCUT2D eigenvalue weighted by atomic mass is 9.68. The quantitative estimate of drug-likeness (QED) is 0.667. The van der Waals surface area contributed by atoms with E-state index in [1.165, 1.54) is 6.07 Å². The van der Waals surface area contributed by atoms with Gasteiger partial charge < -0.3 is 19.5 Å².